The molecule has 4 nitrogen and oxygen atoms in total. The zero-order chi connectivity index (χ0) is 17.2. The highest BCUT2D eigenvalue weighted by molar-refractivity contribution is 7.80. The number of nitrogens with one attached hydrogen (secondary N) is 1. The average molecular weight is 376 g/mol. The first kappa shape index (κ1) is 16.9. The van der Waals surface area contributed by atoms with E-state index >= 15 is 0 Å². The van der Waals surface area contributed by atoms with Gasteiger partial charge in [0.1, 0.15) is 5.69 Å². The van der Waals surface area contributed by atoms with Gasteiger partial charge in [-0.05, 0) is 55.7 Å². The van der Waals surface area contributed by atoms with Gasteiger partial charge >= 0.3 is 0 Å². The predicted octanol–water partition coefficient (Wildman–Crippen LogP) is 4.56. The second kappa shape index (κ2) is 7.34. The molecule has 0 radical (unpaired) electrons. The maximum atomic E-state index is 5.98. The van der Waals surface area contributed by atoms with Gasteiger partial charge < -0.3 is 14.7 Å². The molecule has 2 heterocycles. The summed E-state index contributed by atoms with van der Waals surface area (Å²) >= 11 is 11.6. The van der Waals surface area contributed by atoms with Crippen LogP contribution in [0.1, 0.15) is 43.4 Å². The van der Waals surface area contributed by atoms with E-state index in [0.29, 0.717) is 12.6 Å². The van der Waals surface area contributed by atoms with Crippen molar-refractivity contribution in [1.82, 2.24) is 15.4 Å². The number of benzene rings is 1. The molecule has 0 bridgehead atoms. The summed E-state index contributed by atoms with van der Waals surface area (Å²) < 4.78 is 5.64. The molecular weight excluding hydrogens is 354 g/mol. The molecular formula is C19H22ClN3OS. The summed E-state index contributed by atoms with van der Waals surface area (Å²) in [6, 6.07) is 8.24. The Morgan fingerprint density at radius 3 is 2.72 bits per heavy atom. The lowest BCUT2D eigenvalue weighted by Gasteiger charge is -2.32. The molecule has 25 heavy (non-hydrogen) atoms. The highest BCUT2D eigenvalue weighted by atomic mass is 35.5. The van der Waals surface area contributed by atoms with E-state index in [2.05, 4.69) is 15.4 Å². The van der Waals surface area contributed by atoms with Crippen molar-refractivity contribution in [2.45, 2.75) is 51.1 Å². The number of halogens is 1. The minimum absolute atomic E-state index is 0.532. The van der Waals surface area contributed by atoms with E-state index in [-0.39, 0.29) is 0 Å². The van der Waals surface area contributed by atoms with Gasteiger partial charge in [0.05, 0.1) is 6.54 Å². The Hall–Kier alpha value is -1.59. The van der Waals surface area contributed by atoms with Crippen molar-refractivity contribution in [2.75, 3.05) is 6.54 Å². The van der Waals surface area contributed by atoms with E-state index in [4.69, 9.17) is 28.3 Å². The molecule has 1 fully saturated rings. The van der Waals surface area contributed by atoms with Crippen LogP contribution in [0.4, 0.5) is 0 Å². The molecule has 0 saturated heterocycles. The Balaban J connectivity index is 1.45. The normalized spacial score (nSPS) is 18.0. The summed E-state index contributed by atoms with van der Waals surface area (Å²) in [6.07, 6.45) is 7.30. The molecule has 1 saturated carbocycles. The summed E-state index contributed by atoms with van der Waals surface area (Å²) in [5.74, 6) is 0.859. The van der Waals surface area contributed by atoms with Crippen molar-refractivity contribution in [3.05, 3.63) is 40.5 Å². The second-order valence-electron chi connectivity index (χ2n) is 6.90. The van der Waals surface area contributed by atoms with Crippen LogP contribution >= 0.6 is 23.8 Å². The van der Waals surface area contributed by atoms with Crippen LogP contribution in [0.3, 0.4) is 0 Å². The zero-order valence-corrected chi connectivity index (χ0v) is 15.7. The highest BCUT2D eigenvalue weighted by Gasteiger charge is 2.26. The lowest BCUT2D eigenvalue weighted by Crippen LogP contribution is -2.47. The molecule has 1 N–H and O–H groups in total. The van der Waals surface area contributed by atoms with Gasteiger partial charge in [0.15, 0.2) is 10.9 Å². The summed E-state index contributed by atoms with van der Waals surface area (Å²) in [4.78, 5) is 2.21. The summed E-state index contributed by atoms with van der Waals surface area (Å²) in [5, 5.41) is 9.43. The first-order valence-corrected chi connectivity index (χ1v) is 9.78. The van der Waals surface area contributed by atoms with Crippen molar-refractivity contribution in [2.24, 2.45) is 0 Å². The smallest absolute Gasteiger partial charge is 0.170 e. The Bertz CT molecular complexity index is 753. The van der Waals surface area contributed by atoms with Gasteiger partial charge in [-0.1, -0.05) is 36.0 Å². The minimum atomic E-state index is 0.532. The third-order valence-corrected chi connectivity index (χ3v) is 5.80. The number of hydrogen-bond acceptors (Lipinski definition) is 3. The first-order valence-electron chi connectivity index (χ1n) is 8.99. The third kappa shape index (κ3) is 3.67. The van der Waals surface area contributed by atoms with Crippen LogP contribution in [-0.4, -0.2) is 27.8 Å². The fourth-order valence-corrected chi connectivity index (χ4v) is 4.19. The maximum absolute atomic E-state index is 5.98. The summed E-state index contributed by atoms with van der Waals surface area (Å²) in [6.45, 7) is 1.61. The minimum Gasteiger partial charge on any atom is -0.360 e. The fraction of sp³-hybridized carbons (Fsp3) is 0.474. The standard InChI is InChI=1S/C19H22ClN3OS/c20-14-8-6-13(7-9-14)18-16-10-11-23(12-17(16)22-24-18)19(25)21-15-4-2-1-3-5-15/h6-9,15H,1-5,10-12H2,(H,21,25). The van der Waals surface area contributed by atoms with Crippen LogP contribution in [0, 0.1) is 0 Å². The molecule has 4 rings (SSSR count). The molecule has 1 aromatic heterocycles. The first-order chi connectivity index (χ1) is 12.2. The lowest BCUT2D eigenvalue weighted by atomic mass is 9.95. The van der Waals surface area contributed by atoms with Crippen LogP contribution in [0.5, 0.6) is 0 Å². The molecule has 2 aliphatic rings. The Kier molecular flexibility index (Phi) is 4.95. The van der Waals surface area contributed by atoms with Crippen LogP contribution in [0.2, 0.25) is 5.02 Å². The molecule has 2 aromatic rings. The van der Waals surface area contributed by atoms with Crippen LogP contribution < -0.4 is 5.32 Å². The topological polar surface area (TPSA) is 41.3 Å². The van der Waals surface area contributed by atoms with Gasteiger partial charge in [-0.15, -0.1) is 0 Å². The molecule has 1 aromatic carbocycles. The quantitative estimate of drug-likeness (QED) is 0.779. The van der Waals surface area contributed by atoms with Gasteiger partial charge in [-0.3, -0.25) is 0 Å². The molecule has 0 spiro atoms. The fourth-order valence-electron chi connectivity index (χ4n) is 3.75. The van der Waals surface area contributed by atoms with E-state index < -0.39 is 0 Å². The van der Waals surface area contributed by atoms with Gasteiger partial charge in [0.25, 0.3) is 0 Å². The Morgan fingerprint density at radius 1 is 1.20 bits per heavy atom. The lowest BCUT2D eigenvalue weighted by molar-refractivity contribution is 0.346. The van der Waals surface area contributed by atoms with Crippen molar-refractivity contribution in [3.8, 4) is 11.3 Å². The van der Waals surface area contributed by atoms with Crippen LogP contribution in [0.15, 0.2) is 28.8 Å². The van der Waals surface area contributed by atoms with Crippen LogP contribution in [0.25, 0.3) is 11.3 Å². The summed E-state index contributed by atoms with van der Waals surface area (Å²) in [7, 11) is 0. The monoisotopic (exact) mass is 375 g/mol. The van der Waals surface area contributed by atoms with Crippen molar-refractivity contribution in [3.63, 3.8) is 0 Å². The van der Waals surface area contributed by atoms with Crippen molar-refractivity contribution in [1.29, 1.82) is 0 Å². The van der Waals surface area contributed by atoms with Crippen molar-refractivity contribution < 1.29 is 4.52 Å². The van der Waals surface area contributed by atoms with E-state index in [9.17, 15) is 0 Å². The SMILES string of the molecule is S=C(NC1CCCCC1)N1CCc2c(noc2-c2ccc(Cl)cc2)C1. The number of rotatable bonds is 2. The molecule has 132 valence electrons. The molecule has 0 atom stereocenters. The zero-order valence-electron chi connectivity index (χ0n) is 14.1. The van der Waals surface area contributed by atoms with Gasteiger partial charge in [0.2, 0.25) is 0 Å². The molecule has 6 heteroatoms. The van der Waals surface area contributed by atoms with E-state index in [0.717, 1.165) is 40.1 Å². The highest BCUT2D eigenvalue weighted by Crippen LogP contribution is 2.31. The van der Waals surface area contributed by atoms with E-state index in [1.165, 1.54) is 37.7 Å². The number of aromatic nitrogens is 1. The Labute approximate surface area is 158 Å². The van der Waals surface area contributed by atoms with Crippen molar-refractivity contribution >= 4 is 28.9 Å². The second-order valence-corrected chi connectivity index (χ2v) is 7.72. The van der Waals surface area contributed by atoms with E-state index in [1.54, 1.807) is 0 Å². The Morgan fingerprint density at radius 2 is 1.96 bits per heavy atom. The number of hydrogen-bond donors (Lipinski definition) is 1. The average Bonchev–Trinajstić information content (AvgIpc) is 3.06. The largest absolute Gasteiger partial charge is 0.360 e. The van der Waals surface area contributed by atoms with Gasteiger partial charge in [0, 0.05) is 28.7 Å². The summed E-state index contributed by atoms with van der Waals surface area (Å²) in [5.41, 5.74) is 3.21. The molecule has 1 aliphatic heterocycles. The predicted molar refractivity (Wildman–Crippen MR) is 104 cm³/mol. The maximum Gasteiger partial charge on any atom is 0.170 e. The van der Waals surface area contributed by atoms with E-state index in [1.807, 2.05) is 24.3 Å². The third-order valence-electron chi connectivity index (χ3n) is 5.17. The van der Waals surface area contributed by atoms with Crippen LogP contribution in [-0.2, 0) is 13.0 Å². The molecule has 1 aliphatic carbocycles. The molecule has 0 amide bonds. The number of thiocarbonyl (C=S) groups is 1. The van der Waals surface area contributed by atoms with Gasteiger partial charge in [-0.25, -0.2) is 0 Å². The molecule has 0 unspecified atom stereocenters. The van der Waals surface area contributed by atoms with Gasteiger partial charge in [-0.2, -0.15) is 0 Å². The number of nitrogens with zero attached hydrogens (tertiary/aromatic N) is 2. The number of fused-ring (bicyclic) bond motifs is 1.